The number of hydrogen-bond donors (Lipinski definition) is 1. The van der Waals surface area contributed by atoms with Gasteiger partial charge in [-0.25, -0.2) is 0 Å². The van der Waals surface area contributed by atoms with Crippen LogP contribution in [0.15, 0.2) is 0 Å². The standard InChI is InChI=1S/C16H31N3/c1-11(14-12(2)18-19(9)13(14)3)17-16(7,8)10-15(4,5)6/h11,17H,10H2,1-9H3. The average Bonchev–Trinajstić information content (AvgIpc) is 2.35. The summed E-state index contributed by atoms with van der Waals surface area (Å²) in [6.45, 7) is 17.9. The molecule has 1 N–H and O–H groups in total. The van der Waals surface area contributed by atoms with E-state index in [1.807, 2.05) is 11.7 Å². The van der Waals surface area contributed by atoms with Gasteiger partial charge in [0.15, 0.2) is 0 Å². The second-order valence-electron chi connectivity index (χ2n) is 7.70. The van der Waals surface area contributed by atoms with E-state index in [1.165, 1.54) is 11.3 Å². The summed E-state index contributed by atoms with van der Waals surface area (Å²) in [6, 6.07) is 0.325. The van der Waals surface area contributed by atoms with Crippen LogP contribution >= 0.6 is 0 Å². The Kier molecular flexibility index (Phi) is 4.51. The van der Waals surface area contributed by atoms with E-state index in [0.717, 1.165) is 12.1 Å². The van der Waals surface area contributed by atoms with Crippen molar-refractivity contribution in [2.24, 2.45) is 12.5 Å². The molecule has 0 aliphatic rings. The third-order valence-corrected chi connectivity index (χ3v) is 3.58. The molecule has 3 nitrogen and oxygen atoms in total. The van der Waals surface area contributed by atoms with Gasteiger partial charge in [-0.1, -0.05) is 20.8 Å². The largest absolute Gasteiger partial charge is 0.305 e. The van der Waals surface area contributed by atoms with Crippen LogP contribution in [0.1, 0.15) is 71.0 Å². The molecule has 0 amide bonds. The van der Waals surface area contributed by atoms with E-state index >= 15 is 0 Å². The average molecular weight is 265 g/mol. The maximum atomic E-state index is 4.51. The Hall–Kier alpha value is -0.830. The van der Waals surface area contributed by atoms with Crippen molar-refractivity contribution in [3.8, 4) is 0 Å². The van der Waals surface area contributed by atoms with Crippen molar-refractivity contribution in [3.05, 3.63) is 17.0 Å². The SMILES string of the molecule is Cc1nn(C)c(C)c1C(C)NC(C)(C)CC(C)(C)C. The number of rotatable bonds is 4. The molecule has 1 aromatic heterocycles. The summed E-state index contributed by atoms with van der Waals surface area (Å²) in [5, 5.41) is 8.28. The summed E-state index contributed by atoms with van der Waals surface area (Å²) in [6.07, 6.45) is 1.14. The molecule has 0 saturated heterocycles. The highest BCUT2D eigenvalue weighted by molar-refractivity contribution is 5.27. The van der Waals surface area contributed by atoms with Crippen molar-refractivity contribution < 1.29 is 0 Å². The predicted molar refractivity (Wildman–Crippen MR) is 82.4 cm³/mol. The molecule has 0 aromatic carbocycles. The molecule has 0 saturated carbocycles. The zero-order valence-electron chi connectivity index (χ0n) is 14.2. The number of hydrogen-bond acceptors (Lipinski definition) is 2. The summed E-state index contributed by atoms with van der Waals surface area (Å²) < 4.78 is 1.97. The number of aryl methyl sites for hydroxylation is 2. The van der Waals surface area contributed by atoms with E-state index in [2.05, 4.69) is 65.8 Å². The molecule has 1 unspecified atom stereocenters. The first-order valence-corrected chi connectivity index (χ1v) is 7.21. The number of nitrogens with zero attached hydrogens (tertiary/aromatic N) is 2. The Labute approximate surface area is 118 Å². The third kappa shape index (κ3) is 4.34. The Morgan fingerprint density at radius 2 is 1.68 bits per heavy atom. The summed E-state index contributed by atoms with van der Waals surface area (Å²) in [5.41, 5.74) is 4.17. The smallest absolute Gasteiger partial charge is 0.0644 e. The predicted octanol–water partition coefficient (Wildman–Crippen LogP) is 3.90. The van der Waals surface area contributed by atoms with Gasteiger partial charge in [0.05, 0.1) is 5.69 Å². The van der Waals surface area contributed by atoms with Gasteiger partial charge in [-0.2, -0.15) is 5.10 Å². The van der Waals surface area contributed by atoms with Crippen LogP contribution in [0.4, 0.5) is 0 Å². The van der Waals surface area contributed by atoms with Gasteiger partial charge < -0.3 is 5.32 Å². The Balaban J connectivity index is 2.87. The highest BCUT2D eigenvalue weighted by Gasteiger charge is 2.28. The summed E-state index contributed by atoms with van der Waals surface area (Å²) in [7, 11) is 2.01. The zero-order valence-corrected chi connectivity index (χ0v) is 14.2. The van der Waals surface area contributed by atoms with Crippen LogP contribution in [0, 0.1) is 19.3 Å². The van der Waals surface area contributed by atoms with Crippen molar-refractivity contribution in [2.75, 3.05) is 0 Å². The molecular formula is C16H31N3. The first-order valence-electron chi connectivity index (χ1n) is 7.21. The molecule has 0 radical (unpaired) electrons. The molecule has 0 aliphatic heterocycles. The number of nitrogens with one attached hydrogen (secondary N) is 1. The number of aromatic nitrogens is 2. The zero-order chi connectivity index (χ0) is 15.0. The van der Waals surface area contributed by atoms with Crippen LogP contribution in [-0.4, -0.2) is 15.3 Å². The lowest BCUT2D eigenvalue weighted by Gasteiger charge is -2.36. The van der Waals surface area contributed by atoms with Crippen LogP contribution in [0.5, 0.6) is 0 Å². The van der Waals surface area contributed by atoms with E-state index in [9.17, 15) is 0 Å². The normalized spacial score (nSPS) is 14.8. The molecule has 1 heterocycles. The second kappa shape index (κ2) is 5.28. The summed E-state index contributed by atoms with van der Waals surface area (Å²) in [4.78, 5) is 0. The molecule has 0 bridgehead atoms. The van der Waals surface area contributed by atoms with Gasteiger partial charge in [0.2, 0.25) is 0 Å². The van der Waals surface area contributed by atoms with Crippen LogP contribution in [0.3, 0.4) is 0 Å². The Bertz CT molecular complexity index is 436. The third-order valence-electron chi connectivity index (χ3n) is 3.58. The van der Waals surface area contributed by atoms with Crippen molar-refractivity contribution in [3.63, 3.8) is 0 Å². The summed E-state index contributed by atoms with van der Waals surface area (Å²) >= 11 is 0. The fourth-order valence-electron chi connectivity index (χ4n) is 3.45. The fraction of sp³-hybridized carbons (Fsp3) is 0.812. The van der Waals surface area contributed by atoms with E-state index in [1.54, 1.807) is 0 Å². The Morgan fingerprint density at radius 3 is 2.05 bits per heavy atom. The van der Waals surface area contributed by atoms with Gasteiger partial charge >= 0.3 is 0 Å². The van der Waals surface area contributed by atoms with Crippen molar-refractivity contribution in [1.82, 2.24) is 15.1 Å². The van der Waals surface area contributed by atoms with E-state index in [0.29, 0.717) is 11.5 Å². The highest BCUT2D eigenvalue weighted by atomic mass is 15.3. The van der Waals surface area contributed by atoms with Gasteiger partial charge in [0, 0.05) is 29.9 Å². The molecule has 0 spiro atoms. The monoisotopic (exact) mass is 265 g/mol. The van der Waals surface area contributed by atoms with E-state index in [-0.39, 0.29) is 5.54 Å². The van der Waals surface area contributed by atoms with Gasteiger partial charge in [0.1, 0.15) is 0 Å². The molecule has 1 aromatic rings. The van der Waals surface area contributed by atoms with Crippen molar-refractivity contribution in [2.45, 2.75) is 73.4 Å². The summed E-state index contributed by atoms with van der Waals surface area (Å²) in [5.74, 6) is 0. The van der Waals surface area contributed by atoms with Crippen molar-refractivity contribution >= 4 is 0 Å². The quantitative estimate of drug-likeness (QED) is 0.894. The lowest BCUT2D eigenvalue weighted by atomic mass is 9.81. The van der Waals surface area contributed by atoms with Gasteiger partial charge in [-0.05, 0) is 46.5 Å². The van der Waals surface area contributed by atoms with Crippen LogP contribution in [-0.2, 0) is 7.05 Å². The molecule has 110 valence electrons. The highest BCUT2D eigenvalue weighted by Crippen LogP contribution is 2.30. The fourth-order valence-corrected chi connectivity index (χ4v) is 3.45. The van der Waals surface area contributed by atoms with E-state index < -0.39 is 0 Å². The van der Waals surface area contributed by atoms with Crippen molar-refractivity contribution in [1.29, 1.82) is 0 Å². The first kappa shape index (κ1) is 16.2. The molecular weight excluding hydrogens is 234 g/mol. The lowest BCUT2D eigenvalue weighted by molar-refractivity contribution is 0.226. The molecule has 19 heavy (non-hydrogen) atoms. The van der Waals surface area contributed by atoms with Crippen LogP contribution < -0.4 is 5.32 Å². The van der Waals surface area contributed by atoms with Crippen LogP contribution in [0.2, 0.25) is 0 Å². The van der Waals surface area contributed by atoms with Gasteiger partial charge in [0.25, 0.3) is 0 Å². The maximum absolute atomic E-state index is 4.51. The van der Waals surface area contributed by atoms with E-state index in [4.69, 9.17) is 0 Å². The lowest BCUT2D eigenvalue weighted by Crippen LogP contribution is -2.43. The van der Waals surface area contributed by atoms with Gasteiger partial charge in [-0.15, -0.1) is 0 Å². The Morgan fingerprint density at radius 1 is 1.16 bits per heavy atom. The molecule has 1 atom stereocenters. The minimum Gasteiger partial charge on any atom is -0.305 e. The maximum Gasteiger partial charge on any atom is 0.0644 e. The topological polar surface area (TPSA) is 29.9 Å². The second-order valence-corrected chi connectivity index (χ2v) is 7.70. The minimum atomic E-state index is 0.117. The van der Waals surface area contributed by atoms with Crippen LogP contribution in [0.25, 0.3) is 0 Å². The minimum absolute atomic E-state index is 0.117. The molecule has 1 rings (SSSR count). The molecule has 0 aliphatic carbocycles. The first-order chi connectivity index (χ1) is 8.43. The van der Waals surface area contributed by atoms with Gasteiger partial charge in [-0.3, -0.25) is 4.68 Å². The molecule has 0 fully saturated rings. The molecule has 3 heteroatoms.